The number of carboxylic acid groups (broad SMARTS) is 1. The number of rotatable bonds is 5. The first kappa shape index (κ1) is 18.7. The zero-order valence-electron chi connectivity index (χ0n) is 13.9. The van der Waals surface area contributed by atoms with Crippen LogP contribution in [0.15, 0.2) is 42.5 Å². The van der Waals surface area contributed by atoms with E-state index in [1.54, 1.807) is 0 Å². The van der Waals surface area contributed by atoms with Crippen LogP contribution in [0.3, 0.4) is 0 Å². The Labute approximate surface area is 148 Å². The molecule has 0 heterocycles. The van der Waals surface area contributed by atoms with Gasteiger partial charge in [-0.2, -0.15) is 0 Å². The van der Waals surface area contributed by atoms with Gasteiger partial charge in [0, 0.05) is 25.6 Å². The Kier molecular flexibility index (Phi) is 5.69. The second kappa shape index (κ2) is 7.93. The van der Waals surface area contributed by atoms with Crippen molar-refractivity contribution in [2.24, 2.45) is 0 Å². The standard InChI is InChI=1S/C18H15NO7/c1-10(20)19-12-7-8-14(16(9-12)25-11(2)21)18(24)26-15-6-4-3-5-13(15)17(22)23/h3-9H,1-2H3,(H,19,20)(H,22,23). The number of esters is 2. The highest BCUT2D eigenvalue weighted by Crippen LogP contribution is 2.26. The average Bonchev–Trinajstić information content (AvgIpc) is 2.54. The number of nitrogens with one attached hydrogen (secondary N) is 1. The summed E-state index contributed by atoms with van der Waals surface area (Å²) in [6.07, 6.45) is 0. The molecular weight excluding hydrogens is 342 g/mol. The number of amides is 1. The Bertz CT molecular complexity index is 889. The minimum atomic E-state index is -1.25. The van der Waals surface area contributed by atoms with E-state index in [4.69, 9.17) is 14.6 Å². The quantitative estimate of drug-likeness (QED) is 0.623. The molecule has 0 spiro atoms. The molecule has 0 saturated heterocycles. The first-order valence-corrected chi connectivity index (χ1v) is 7.42. The van der Waals surface area contributed by atoms with Crippen LogP contribution in [0.1, 0.15) is 34.6 Å². The summed E-state index contributed by atoms with van der Waals surface area (Å²) in [5.41, 5.74) is 0.0236. The third-order valence-electron chi connectivity index (χ3n) is 3.10. The highest BCUT2D eigenvalue weighted by Gasteiger charge is 2.20. The van der Waals surface area contributed by atoms with Crippen LogP contribution in [0, 0.1) is 0 Å². The smallest absolute Gasteiger partial charge is 0.347 e. The maximum absolute atomic E-state index is 12.4. The minimum absolute atomic E-state index is 0.102. The van der Waals surface area contributed by atoms with Gasteiger partial charge in [0.2, 0.25) is 5.91 Å². The second-order valence-corrected chi connectivity index (χ2v) is 5.18. The summed E-state index contributed by atoms with van der Waals surface area (Å²) in [5.74, 6) is -3.46. The molecule has 0 aliphatic heterocycles. The molecule has 0 atom stereocenters. The zero-order valence-corrected chi connectivity index (χ0v) is 13.9. The fourth-order valence-electron chi connectivity index (χ4n) is 2.10. The van der Waals surface area contributed by atoms with Gasteiger partial charge in [-0.3, -0.25) is 9.59 Å². The number of aromatic carboxylic acids is 1. The van der Waals surface area contributed by atoms with E-state index in [1.165, 1.54) is 49.4 Å². The Hall–Kier alpha value is -3.68. The van der Waals surface area contributed by atoms with E-state index >= 15 is 0 Å². The first-order valence-electron chi connectivity index (χ1n) is 7.42. The molecule has 0 unspecified atom stereocenters. The van der Waals surface area contributed by atoms with Gasteiger partial charge in [-0.05, 0) is 24.3 Å². The predicted octanol–water partition coefficient (Wildman–Crippen LogP) is 2.49. The number of hydrogen-bond acceptors (Lipinski definition) is 6. The average molecular weight is 357 g/mol. The molecule has 8 nitrogen and oxygen atoms in total. The molecule has 2 rings (SSSR count). The number of carboxylic acids is 1. The molecular formula is C18H15NO7. The number of hydrogen-bond donors (Lipinski definition) is 2. The van der Waals surface area contributed by atoms with Crippen molar-refractivity contribution in [3.63, 3.8) is 0 Å². The van der Waals surface area contributed by atoms with E-state index < -0.39 is 17.9 Å². The Morgan fingerprint density at radius 2 is 1.58 bits per heavy atom. The fraction of sp³-hybridized carbons (Fsp3) is 0.111. The van der Waals surface area contributed by atoms with Crippen LogP contribution in [0.5, 0.6) is 11.5 Å². The molecule has 0 radical (unpaired) electrons. The van der Waals surface area contributed by atoms with Crippen LogP contribution < -0.4 is 14.8 Å². The number of ether oxygens (including phenoxy) is 2. The third kappa shape index (κ3) is 4.67. The fourth-order valence-corrected chi connectivity index (χ4v) is 2.10. The van der Waals surface area contributed by atoms with E-state index in [9.17, 15) is 19.2 Å². The summed E-state index contributed by atoms with van der Waals surface area (Å²) in [4.78, 5) is 46.1. The van der Waals surface area contributed by atoms with Gasteiger partial charge in [0.25, 0.3) is 0 Å². The number of benzene rings is 2. The Morgan fingerprint density at radius 1 is 0.885 bits per heavy atom. The molecule has 0 saturated carbocycles. The molecule has 0 aliphatic carbocycles. The van der Waals surface area contributed by atoms with Crippen LogP contribution in [0.4, 0.5) is 5.69 Å². The van der Waals surface area contributed by atoms with Crippen molar-refractivity contribution in [2.45, 2.75) is 13.8 Å². The first-order chi connectivity index (χ1) is 12.3. The Balaban J connectivity index is 2.37. The van der Waals surface area contributed by atoms with Crippen LogP contribution in [-0.4, -0.2) is 28.9 Å². The van der Waals surface area contributed by atoms with Crippen molar-refractivity contribution in [3.05, 3.63) is 53.6 Å². The van der Waals surface area contributed by atoms with Gasteiger partial charge in [-0.1, -0.05) is 12.1 Å². The number of carbonyl (C=O) groups excluding carboxylic acids is 3. The maximum atomic E-state index is 12.4. The van der Waals surface area contributed by atoms with Gasteiger partial charge in [0.05, 0.1) is 0 Å². The predicted molar refractivity (Wildman–Crippen MR) is 90.4 cm³/mol. The summed E-state index contributed by atoms with van der Waals surface area (Å²) >= 11 is 0. The zero-order chi connectivity index (χ0) is 19.3. The number of anilines is 1. The van der Waals surface area contributed by atoms with E-state index in [2.05, 4.69) is 5.32 Å². The molecule has 134 valence electrons. The molecule has 2 aromatic carbocycles. The number of para-hydroxylation sites is 1. The van der Waals surface area contributed by atoms with Crippen LogP contribution in [0.25, 0.3) is 0 Å². The Morgan fingerprint density at radius 3 is 2.19 bits per heavy atom. The van der Waals surface area contributed by atoms with Gasteiger partial charge in [-0.25, -0.2) is 9.59 Å². The molecule has 0 aromatic heterocycles. The molecule has 0 fully saturated rings. The monoisotopic (exact) mass is 357 g/mol. The van der Waals surface area contributed by atoms with Crippen LogP contribution in [0.2, 0.25) is 0 Å². The third-order valence-corrected chi connectivity index (χ3v) is 3.10. The highest BCUT2D eigenvalue weighted by molar-refractivity contribution is 5.98. The lowest BCUT2D eigenvalue weighted by molar-refractivity contribution is -0.131. The van der Waals surface area contributed by atoms with Gasteiger partial charge < -0.3 is 19.9 Å². The van der Waals surface area contributed by atoms with Crippen molar-refractivity contribution in [1.29, 1.82) is 0 Å². The van der Waals surface area contributed by atoms with Crippen molar-refractivity contribution < 1.29 is 33.8 Å². The van der Waals surface area contributed by atoms with Crippen molar-refractivity contribution in [2.75, 3.05) is 5.32 Å². The van der Waals surface area contributed by atoms with Gasteiger partial charge in [0.1, 0.15) is 22.6 Å². The van der Waals surface area contributed by atoms with Crippen molar-refractivity contribution >= 4 is 29.5 Å². The topological polar surface area (TPSA) is 119 Å². The van der Waals surface area contributed by atoms with E-state index in [-0.39, 0.29) is 28.5 Å². The molecule has 26 heavy (non-hydrogen) atoms. The lowest BCUT2D eigenvalue weighted by Crippen LogP contribution is -2.15. The molecule has 2 aromatic rings. The van der Waals surface area contributed by atoms with Gasteiger partial charge in [-0.15, -0.1) is 0 Å². The molecule has 1 amide bonds. The van der Waals surface area contributed by atoms with Gasteiger partial charge in [0.15, 0.2) is 0 Å². The van der Waals surface area contributed by atoms with Gasteiger partial charge >= 0.3 is 17.9 Å². The summed E-state index contributed by atoms with van der Waals surface area (Å²) < 4.78 is 10.1. The summed E-state index contributed by atoms with van der Waals surface area (Å²) in [5, 5.41) is 11.6. The highest BCUT2D eigenvalue weighted by atomic mass is 16.5. The molecule has 2 N–H and O–H groups in total. The maximum Gasteiger partial charge on any atom is 0.347 e. The molecule has 0 bridgehead atoms. The van der Waals surface area contributed by atoms with Crippen LogP contribution >= 0.6 is 0 Å². The van der Waals surface area contributed by atoms with E-state index in [0.29, 0.717) is 5.69 Å². The molecule has 8 heteroatoms. The van der Waals surface area contributed by atoms with E-state index in [1.807, 2.05) is 0 Å². The SMILES string of the molecule is CC(=O)Nc1ccc(C(=O)Oc2ccccc2C(=O)O)c(OC(C)=O)c1. The largest absolute Gasteiger partial charge is 0.478 e. The minimum Gasteiger partial charge on any atom is -0.478 e. The number of carbonyl (C=O) groups is 4. The summed E-state index contributed by atoms with van der Waals surface area (Å²) in [6.45, 7) is 2.45. The van der Waals surface area contributed by atoms with E-state index in [0.717, 1.165) is 6.92 Å². The normalized spacial score (nSPS) is 9.92. The molecule has 0 aliphatic rings. The van der Waals surface area contributed by atoms with Crippen molar-refractivity contribution in [1.82, 2.24) is 0 Å². The summed E-state index contributed by atoms with van der Waals surface area (Å²) in [6, 6.07) is 9.65. The van der Waals surface area contributed by atoms with Crippen molar-refractivity contribution in [3.8, 4) is 11.5 Å². The lowest BCUT2D eigenvalue weighted by atomic mass is 10.1. The lowest BCUT2D eigenvalue weighted by Gasteiger charge is -2.12. The summed E-state index contributed by atoms with van der Waals surface area (Å²) in [7, 11) is 0. The second-order valence-electron chi connectivity index (χ2n) is 5.18. The van der Waals surface area contributed by atoms with Crippen LogP contribution in [-0.2, 0) is 9.59 Å².